The minimum absolute atomic E-state index is 0.322. The Bertz CT molecular complexity index is 939. The molecule has 1 aromatic heterocycles. The molecule has 0 radical (unpaired) electrons. The summed E-state index contributed by atoms with van der Waals surface area (Å²) in [6, 6.07) is 8.63. The summed E-state index contributed by atoms with van der Waals surface area (Å²) >= 11 is 0. The van der Waals surface area contributed by atoms with Gasteiger partial charge in [0.1, 0.15) is 6.33 Å². The molecule has 2 nitrogen and oxygen atoms in total. The first-order valence-electron chi connectivity index (χ1n) is 11.7. The molecule has 3 fully saturated rings. The van der Waals surface area contributed by atoms with Crippen molar-refractivity contribution in [1.29, 1.82) is 0 Å². The summed E-state index contributed by atoms with van der Waals surface area (Å²) in [5, 5.41) is 0. The van der Waals surface area contributed by atoms with Gasteiger partial charge < -0.3 is 4.57 Å². The largest absolute Gasteiger partial charge is 0.302 e. The molecule has 3 saturated carbocycles. The number of fused-ring (bicyclic) bond motifs is 6. The summed E-state index contributed by atoms with van der Waals surface area (Å²) in [5.74, 6) is 3.75. The van der Waals surface area contributed by atoms with Crippen molar-refractivity contribution in [1.82, 2.24) is 9.55 Å². The maximum Gasteiger partial charge on any atom is 0.100 e. The maximum absolute atomic E-state index is 4.70. The van der Waals surface area contributed by atoms with Crippen molar-refractivity contribution >= 4 is 16.7 Å². The Morgan fingerprint density at radius 2 is 1.86 bits per heavy atom. The average Bonchev–Trinajstić information content (AvgIpc) is 3.28. The van der Waals surface area contributed by atoms with Gasteiger partial charge in [0.05, 0.1) is 11.0 Å². The van der Waals surface area contributed by atoms with E-state index in [1.54, 1.807) is 5.70 Å². The summed E-state index contributed by atoms with van der Waals surface area (Å²) in [7, 11) is 0. The highest BCUT2D eigenvalue weighted by atomic mass is 15.1. The molecule has 0 bridgehead atoms. The molecule has 6 atom stereocenters. The van der Waals surface area contributed by atoms with Gasteiger partial charge in [-0.3, -0.25) is 0 Å². The molecule has 148 valence electrons. The van der Waals surface area contributed by atoms with E-state index < -0.39 is 0 Å². The second-order valence-corrected chi connectivity index (χ2v) is 10.8. The standard InChI is InChI=1S/C26H34N2/c1-25-15-6-5-7-18(25)10-11-19-20-12-13-24(26(20,2)16-14-21(19)25)28-17-27-22-8-3-4-9-23(22)28/h3-4,8-9,13,17-21H,5-7,10-12,14-16H2,1-2H3. The van der Waals surface area contributed by atoms with Crippen molar-refractivity contribution < 1.29 is 0 Å². The fraction of sp³-hybridized carbons (Fsp3) is 0.654. The zero-order chi connectivity index (χ0) is 18.9. The SMILES string of the molecule is CC12CCC3C(CCC4CCCCC43C)C1CC=C2n1cnc2ccccc21. The second-order valence-electron chi connectivity index (χ2n) is 10.8. The van der Waals surface area contributed by atoms with Crippen LogP contribution in [0.1, 0.15) is 71.6 Å². The number of para-hydroxylation sites is 2. The Kier molecular flexibility index (Phi) is 3.69. The van der Waals surface area contributed by atoms with Crippen LogP contribution in [0.25, 0.3) is 16.7 Å². The van der Waals surface area contributed by atoms with E-state index in [4.69, 9.17) is 4.98 Å². The van der Waals surface area contributed by atoms with E-state index >= 15 is 0 Å². The molecular formula is C26H34N2. The molecular weight excluding hydrogens is 340 g/mol. The van der Waals surface area contributed by atoms with E-state index in [0.717, 1.165) is 29.2 Å². The lowest BCUT2D eigenvalue weighted by Crippen LogP contribution is -2.52. The van der Waals surface area contributed by atoms with Gasteiger partial charge >= 0.3 is 0 Å². The van der Waals surface area contributed by atoms with Gasteiger partial charge in [-0.1, -0.05) is 44.9 Å². The van der Waals surface area contributed by atoms with Crippen molar-refractivity contribution in [3.8, 4) is 0 Å². The number of imidazole rings is 1. The third-order valence-electron chi connectivity index (χ3n) is 9.84. The first-order chi connectivity index (χ1) is 13.6. The van der Waals surface area contributed by atoms with Gasteiger partial charge in [0, 0.05) is 11.1 Å². The summed E-state index contributed by atoms with van der Waals surface area (Å²) in [6.45, 7) is 5.26. The highest BCUT2D eigenvalue weighted by Crippen LogP contribution is 2.67. The fourth-order valence-electron chi connectivity index (χ4n) is 8.36. The molecule has 28 heavy (non-hydrogen) atoms. The van der Waals surface area contributed by atoms with E-state index in [1.807, 2.05) is 0 Å². The normalized spacial score (nSPS) is 42.6. The molecule has 0 spiro atoms. The van der Waals surface area contributed by atoms with Crippen molar-refractivity contribution in [2.45, 2.75) is 71.6 Å². The number of benzene rings is 1. The van der Waals surface area contributed by atoms with Gasteiger partial charge in [-0.05, 0) is 86.2 Å². The molecule has 6 unspecified atom stereocenters. The Hall–Kier alpha value is -1.57. The predicted octanol–water partition coefficient (Wildman–Crippen LogP) is 6.92. The first-order valence-corrected chi connectivity index (χ1v) is 11.7. The van der Waals surface area contributed by atoms with E-state index in [1.165, 1.54) is 63.3 Å². The summed E-state index contributed by atoms with van der Waals surface area (Å²) < 4.78 is 2.42. The highest BCUT2D eigenvalue weighted by molar-refractivity contribution is 5.80. The van der Waals surface area contributed by atoms with Crippen LogP contribution >= 0.6 is 0 Å². The molecule has 0 saturated heterocycles. The summed E-state index contributed by atoms with van der Waals surface area (Å²) in [4.78, 5) is 4.70. The molecule has 0 N–H and O–H groups in total. The van der Waals surface area contributed by atoms with Crippen molar-refractivity contribution in [2.75, 3.05) is 0 Å². The van der Waals surface area contributed by atoms with Crippen LogP contribution in [0.5, 0.6) is 0 Å². The third kappa shape index (κ3) is 2.18. The first kappa shape index (κ1) is 17.3. The molecule has 0 aliphatic heterocycles. The van der Waals surface area contributed by atoms with Crippen LogP contribution in [0.15, 0.2) is 36.7 Å². The number of allylic oxidation sites excluding steroid dienone is 2. The Labute approximate surface area is 169 Å². The zero-order valence-electron chi connectivity index (χ0n) is 17.5. The molecule has 2 aromatic rings. The Balaban J connectivity index is 1.36. The van der Waals surface area contributed by atoms with Gasteiger partial charge in [0.15, 0.2) is 0 Å². The molecule has 1 heterocycles. The van der Waals surface area contributed by atoms with Crippen LogP contribution < -0.4 is 0 Å². The van der Waals surface area contributed by atoms with Crippen LogP contribution in [0, 0.1) is 34.5 Å². The van der Waals surface area contributed by atoms with Gasteiger partial charge in [-0.15, -0.1) is 0 Å². The molecule has 2 heteroatoms. The third-order valence-corrected chi connectivity index (χ3v) is 9.84. The maximum atomic E-state index is 4.70. The van der Waals surface area contributed by atoms with Gasteiger partial charge in [-0.2, -0.15) is 0 Å². The van der Waals surface area contributed by atoms with Crippen molar-refractivity contribution in [3.63, 3.8) is 0 Å². The lowest BCUT2D eigenvalue weighted by molar-refractivity contribution is -0.0960. The quantitative estimate of drug-likeness (QED) is 0.530. The molecule has 4 aliphatic carbocycles. The minimum Gasteiger partial charge on any atom is -0.302 e. The molecule has 0 amide bonds. The van der Waals surface area contributed by atoms with E-state index in [-0.39, 0.29) is 0 Å². The number of rotatable bonds is 1. The second kappa shape index (κ2) is 5.97. The summed E-state index contributed by atoms with van der Waals surface area (Å²) in [5.41, 5.74) is 4.90. The Morgan fingerprint density at radius 1 is 0.964 bits per heavy atom. The fourth-order valence-corrected chi connectivity index (χ4v) is 8.36. The zero-order valence-corrected chi connectivity index (χ0v) is 17.5. The van der Waals surface area contributed by atoms with Gasteiger partial charge in [0.2, 0.25) is 0 Å². The van der Waals surface area contributed by atoms with Gasteiger partial charge in [0.25, 0.3) is 0 Å². The number of nitrogens with zero attached hydrogens (tertiary/aromatic N) is 2. The van der Waals surface area contributed by atoms with Crippen LogP contribution in [0.3, 0.4) is 0 Å². The lowest BCUT2D eigenvalue weighted by atomic mass is 9.45. The predicted molar refractivity (Wildman–Crippen MR) is 116 cm³/mol. The Morgan fingerprint density at radius 3 is 2.79 bits per heavy atom. The highest BCUT2D eigenvalue weighted by Gasteiger charge is 2.58. The van der Waals surface area contributed by atoms with Crippen molar-refractivity contribution in [3.05, 3.63) is 36.7 Å². The van der Waals surface area contributed by atoms with Gasteiger partial charge in [-0.25, -0.2) is 4.98 Å². The van der Waals surface area contributed by atoms with Crippen LogP contribution in [-0.2, 0) is 0 Å². The van der Waals surface area contributed by atoms with E-state index in [9.17, 15) is 0 Å². The molecule has 6 rings (SSSR count). The monoisotopic (exact) mass is 374 g/mol. The van der Waals surface area contributed by atoms with Crippen LogP contribution in [-0.4, -0.2) is 9.55 Å². The number of hydrogen-bond acceptors (Lipinski definition) is 1. The average molecular weight is 375 g/mol. The van der Waals surface area contributed by atoms with Crippen LogP contribution in [0.2, 0.25) is 0 Å². The molecule has 1 aromatic carbocycles. The minimum atomic E-state index is 0.322. The topological polar surface area (TPSA) is 17.8 Å². The van der Waals surface area contributed by atoms with Crippen LogP contribution in [0.4, 0.5) is 0 Å². The lowest BCUT2D eigenvalue weighted by Gasteiger charge is -2.60. The smallest absolute Gasteiger partial charge is 0.100 e. The summed E-state index contributed by atoms with van der Waals surface area (Å²) in [6.07, 6.45) is 17.7. The van der Waals surface area contributed by atoms with Crippen molar-refractivity contribution in [2.24, 2.45) is 34.5 Å². The number of hydrogen-bond donors (Lipinski definition) is 0. The number of aromatic nitrogens is 2. The van der Waals surface area contributed by atoms with E-state index in [0.29, 0.717) is 10.8 Å². The van der Waals surface area contributed by atoms with E-state index in [2.05, 4.69) is 55.1 Å². The molecule has 4 aliphatic rings.